The molecule has 0 spiro atoms. The molecule has 2 N–H and O–H groups in total. The number of benzene rings is 1. The van der Waals surface area contributed by atoms with Gasteiger partial charge in [-0.3, -0.25) is 4.79 Å². The molecular formula is C23H30N6O3S. The number of Topliss-reactive ketones (excluding diaryl/α,β-unsaturated/α-hetero) is 1. The molecular weight excluding hydrogens is 440 g/mol. The van der Waals surface area contributed by atoms with Crippen LogP contribution in [0.1, 0.15) is 24.3 Å². The highest BCUT2D eigenvalue weighted by atomic mass is 32.2. The van der Waals surface area contributed by atoms with E-state index in [9.17, 15) is 13.2 Å². The second-order valence-corrected chi connectivity index (χ2v) is 10.6. The number of carbonyl (C=O) groups excluding carboxylic acids is 1. The molecule has 1 unspecified atom stereocenters. The predicted molar refractivity (Wildman–Crippen MR) is 131 cm³/mol. The van der Waals surface area contributed by atoms with E-state index >= 15 is 0 Å². The van der Waals surface area contributed by atoms with Gasteiger partial charge in [0.15, 0.2) is 11.6 Å². The maximum Gasteiger partial charge on any atom is 0.223 e. The molecule has 1 aliphatic rings. The van der Waals surface area contributed by atoms with Crippen LogP contribution in [0.4, 0.5) is 11.5 Å². The molecule has 1 aromatic carbocycles. The standard InChI is InChI=1S/C23H30N6O3S/c1-16(2)25-19-10-7-11-24-23(19)28-12-13-29(27(3)33(4,31)32)21(15-28)22(30)20-14-17-8-5-6-9-18(17)26-20/h5-11,14,16,21,25-26H,12-13,15H2,1-4H3. The zero-order valence-corrected chi connectivity index (χ0v) is 20.1. The van der Waals surface area contributed by atoms with Crippen molar-refractivity contribution in [3.05, 3.63) is 54.4 Å². The number of hydrazine groups is 1. The maximum atomic E-state index is 13.7. The summed E-state index contributed by atoms with van der Waals surface area (Å²) < 4.78 is 25.8. The summed E-state index contributed by atoms with van der Waals surface area (Å²) in [5, 5.41) is 5.98. The Labute approximate surface area is 194 Å². The van der Waals surface area contributed by atoms with Crippen LogP contribution in [0, 0.1) is 0 Å². The molecule has 176 valence electrons. The zero-order chi connectivity index (χ0) is 23.8. The van der Waals surface area contributed by atoms with Gasteiger partial charge in [0.1, 0.15) is 6.04 Å². The second-order valence-electron chi connectivity index (χ2n) is 8.63. The van der Waals surface area contributed by atoms with Crippen molar-refractivity contribution in [1.29, 1.82) is 0 Å². The average Bonchev–Trinajstić information content (AvgIpc) is 3.21. The molecule has 1 atom stereocenters. The third-order valence-electron chi connectivity index (χ3n) is 5.82. The average molecular weight is 471 g/mol. The van der Waals surface area contributed by atoms with Crippen molar-refractivity contribution in [2.75, 3.05) is 43.2 Å². The normalized spacial score (nSPS) is 17.8. The van der Waals surface area contributed by atoms with Gasteiger partial charge in [0.2, 0.25) is 10.0 Å². The van der Waals surface area contributed by atoms with Crippen molar-refractivity contribution in [2.45, 2.75) is 25.9 Å². The first-order valence-corrected chi connectivity index (χ1v) is 12.8. The van der Waals surface area contributed by atoms with E-state index in [1.54, 1.807) is 11.2 Å². The fourth-order valence-electron chi connectivity index (χ4n) is 4.17. The van der Waals surface area contributed by atoms with Crippen LogP contribution in [0.3, 0.4) is 0 Å². The molecule has 0 radical (unpaired) electrons. The van der Waals surface area contributed by atoms with Crippen LogP contribution in [0.5, 0.6) is 0 Å². The number of nitrogens with one attached hydrogen (secondary N) is 2. The number of ketones is 1. The lowest BCUT2D eigenvalue weighted by Crippen LogP contribution is -2.62. The minimum Gasteiger partial charge on any atom is -0.380 e. The van der Waals surface area contributed by atoms with Gasteiger partial charge in [-0.2, -0.15) is 0 Å². The lowest BCUT2D eigenvalue weighted by atomic mass is 10.1. The van der Waals surface area contributed by atoms with Crippen LogP contribution in [-0.4, -0.2) is 78.6 Å². The fourth-order valence-corrected chi connectivity index (χ4v) is 4.75. The number of hydrogen-bond acceptors (Lipinski definition) is 7. The largest absolute Gasteiger partial charge is 0.380 e. The van der Waals surface area contributed by atoms with Crippen molar-refractivity contribution in [3.8, 4) is 0 Å². The Morgan fingerprint density at radius 2 is 1.97 bits per heavy atom. The summed E-state index contributed by atoms with van der Waals surface area (Å²) in [5.74, 6) is 0.586. The fraction of sp³-hybridized carbons (Fsp3) is 0.391. The number of carbonyl (C=O) groups is 1. The smallest absolute Gasteiger partial charge is 0.223 e. The van der Waals surface area contributed by atoms with Crippen molar-refractivity contribution >= 4 is 38.2 Å². The molecule has 1 aliphatic heterocycles. The first-order valence-electron chi connectivity index (χ1n) is 10.9. The SMILES string of the molecule is CC(C)Nc1cccnc1N1CCN(N(C)S(C)(=O)=O)C(C(=O)c2cc3ccccc3[nH]2)C1. The van der Waals surface area contributed by atoms with E-state index in [-0.39, 0.29) is 11.8 Å². The third-order valence-corrected chi connectivity index (χ3v) is 6.99. The Bertz CT molecular complexity index is 1220. The Hall–Kier alpha value is -2.95. The highest BCUT2D eigenvalue weighted by molar-refractivity contribution is 7.88. The van der Waals surface area contributed by atoms with Crippen LogP contribution in [0.15, 0.2) is 48.7 Å². The summed E-state index contributed by atoms with van der Waals surface area (Å²) in [5.41, 5.74) is 2.20. The number of piperazine rings is 1. The first-order chi connectivity index (χ1) is 15.6. The van der Waals surface area contributed by atoms with Crippen molar-refractivity contribution in [1.82, 2.24) is 19.4 Å². The second kappa shape index (κ2) is 9.12. The molecule has 1 saturated heterocycles. The minimum atomic E-state index is -3.53. The van der Waals surface area contributed by atoms with Crippen LogP contribution >= 0.6 is 0 Å². The van der Waals surface area contributed by atoms with Gasteiger partial charge in [0.25, 0.3) is 0 Å². The highest BCUT2D eigenvalue weighted by Crippen LogP contribution is 2.28. The Kier molecular flexibility index (Phi) is 6.42. The number of sulfonamides is 1. The zero-order valence-electron chi connectivity index (χ0n) is 19.3. The number of nitrogens with zero attached hydrogens (tertiary/aromatic N) is 4. The number of hydrogen-bond donors (Lipinski definition) is 2. The van der Waals surface area contributed by atoms with E-state index in [2.05, 4.69) is 29.1 Å². The minimum absolute atomic E-state index is 0.166. The number of aromatic nitrogens is 2. The molecule has 33 heavy (non-hydrogen) atoms. The van der Waals surface area contributed by atoms with Gasteiger partial charge in [0.05, 0.1) is 17.6 Å². The number of anilines is 2. The number of para-hydroxylation sites is 1. The van der Waals surface area contributed by atoms with Gasteiger partial charge in [-0.25, -0.2) is 18.4 Å². The Morgan fingerprint density at radius 3 is 2.67 bits per heavy atom. The molecule has 9 nitrogen and oxygen atoms in total. The summed E-state index contributed by atoms with van der Waals surface area (Å²) in [6, 6.07) is 12.8. The van der Waals surface area contributed by atoms with Gasteiger partial charge < -0.3 is 15.2 Å². The molecule has 0 bridgehead atoms. The van der Waals surface area contributed by atoms with E-state index in [1.807, 2.05) is 47.4 Å². The molecule has 0 saturated carbocycles. The quantitative estimate of drug-likeness (QED) is 0.512. The van der Waals surface area contributed by atoms with Gasteiger partial charge in [-0.1, -0.05) is 18.2 Å². The van der Waals surface area contributed by atoms with Crippen molar-refractivity contribution < 1.29 is 13.2 Å². The van der Waals surface area contributed by atoms with E-state index in [4.69, 9.17) is 0 Å². The van der Waals surface area contributed by atoms with E-state index in [0.717, 1.165) is 28.7 Å². The van der Waals surface area contributed by atoms with Crippen LogP contribution in [0.25, 0.3) is 10.9 Å². The van der Waals surface area contributed by atoms with Crippen LogP contribution < -0.4 is 10.2 Å². The third kappa shape index (κ3) is 4.87. The number of pyridine rings is 1. The van der Waals surface area contributed by atoms with Gasteiger partial charge in [0, 0.05) is 49.8 Å². The highest BCUT2D eigenvalue weighted by Gasteiger charge is 2.39. The van der Waals surface area contributed by atoms with Gasteiger partial charge in [-0.05, 0) is 38.1 Å². The first kappa shape index (κ1) is 23.2. The predicted octanol–water partition coefficient (Wildman–Crippen LogP) is 2.56. The lowest BCUT2D eigenvalue weighted by Gasteiger charge is -2.44. The molecule has 1 fully saturated rings. The van der Waals surface area contributed by atoms with E-state index in [0.29, 0.717) is 25.3 Å². The molecule has 2 aromatic heterocycles. The molecule has 3 aromatic rings. The van der Waals surface area contributed by atoms with E-state index in [1.165, 1.54) is 11.5 Å². The summed E-state index contributed by atoms with van der Waals surface area (Å²) in [6.07, 6.45) is 2.87. The summed E-state index contributed by atoms with van der Waals surface area (Å²) in [7, 11) is -2.04. The number of fused-ring (bicyclic) bond motifs is 1. The number of H-pyrrole nitrogens is 1. The van der Waals surface area contributed by atoms with Crippen LogP contribution in [-0.2, 0) is 10.0 Å². The van der Waals surface area contributed by atoms with Crippen molar-refractivity contribution in [3.63, 3.8) is 0 Å². The van der Waals surface area contributed by atoms with Crippen molar-refractivity contribution in [2.24, 2.45) is 0 Å². The monoisotopic (exact) mass is 470 g/mol. The lowest BCUT2D eigenvalue weighted by molar-refractivity contribution is 0.0236. The molecule has 0 aliphatic carbocycles. The topological polar surface area (TPSA) is 102 Å². The number of aromatic amines is 1. The summed E-state index contributed by atoms with van der Waals surface area (Å²) >= 11 is 0. The van der Waals surface area contributed by atoms with Gasteiger partial charge in [-0.15, -0.1) is 4.41 Å². The van der Waals surface area contributed by atoms with Crippen LogP contribution in [0.2, 0.25) is 0 Å². The summed E-state index contributed by atoms with van der Waals surface area (Å²) in [6.45, 7) is 5.30. The van der Waals surface area contributed by atoms with E-state index < -0.39 is 16.1 Å². The molecule has 3 heterocycles. The molecule has 4 rings (SSSR count). The molecule has 0 amide bonds. The summed E-state index contributed by atoms with van der Waals surface area (Å²) in [4.78, 5) is 23.5. The van der Waals surface area contributed by atoms with Gasteiger partial charge >= 0.3 is 0 Å². The molecule has 10 heteroatoms. The maximum absolute atomic E-state index is 13.7. The number of rotatable bonds is 7. The Morgan fingerprint density at radius 1 is 1.21 bits per heavy atom. The Balaban J connectivity index is 1.70.